The van der Waals surface area contributed by atoms with Crippen LogP contribution in [0.3, 0.4) is 0 Å². The molecular weight excluding hydrogens is 432 g/mol. The summed E-state index contributed by atoms with van der Waals surface area (Å²) in [5, 5.41) is 6.30. The van der Waals surface area contributed by atoms with E-state index in [0.717, 1.165) is 5.69 Å². The number of rotatable bonds is 7. The monoisotopic (exact) mass is 454 g/mol. The van der Waals surface area contributed by atoms with Gasteiger partial charge in [-0.05, 0) is 42.5 Å². The van der Waals surface area contributed by atoms with Gasteiger partial charge < -0.3 is 19.5 Å². The first kappa shape index (κ1) is 22.9. The number of carbonyl (C=O) groups excluding carboxylic acids is 1. The highest BCUT2D eigenvalue weighted by Gasteiger charge is 2.13. The molecule has 1 amide bonds. The molecule has 3 aromatic rings. The number of ether oxygens (including phenoxy) is 3. The highest BCUT2D eigenvalue weighted by Crippen LogP contribution is 2.27. The van der Waals surface area contributed by atoms with Crippen molar-refractivity contribution in [1.82, 2.24) is 10.3 Å². The van der Waals surface area contributed by atoms with Crippen molar-refractivity contribution in [2.24, 2.45) is 4.99 Å². The largest absolute Gasteiger partial charge is 0.497 e. The summed E-state index contributed by atoms with van der Waals surface area (Å²) in [5.74, 6) is 1.36. The van der Waals surface area contributed by atoms with E-state index in [0.29, 0.717) is 33.5 Å². The topological polar surface area (TPSA) is 94.1 Å². The Hall–Kier alpha value is -3.78. The second-order valence-corrected chi connectivity index (χ2v) is 6.92. The molecule has 0 saturated carbocycles. The van der Waals surface area contributed by atoms with Gasteiger partial charge in [-0.2, -0.15) is 0 Å². The zero-order valence-corrected chi connectivity index (χ0v) is 18.6. The minimum absolute atomic E-state index is 0.226. The molecule has 9 heteroatoms. The molecule has 0 fully saturated rings. The molecule has 2 aromatic carbocycles. The lowest BCUT2D eigenvalue weighted by molar-refractivity contribution is 0.0976. The first-order chi connectivity index (χ1) is 15.5. The minimum Gasteiger partial charge on any atom is -0.497 e. The summed E-state index contributed by atoms with van der Waals surface area (Å²) < 4.78 is 15.7. The van der Waals surface area contributed by atoms with Gasteiger partial charge in [-0.3, -0.25) is 15.1 Å². The summed E-state index contributed by atoms with van der Waals surface area (Å²) in [5.41, 5.74) is 1.72. The van der Waals surface area contributed by atoms with Crippen molar-refractivity contribution in [2.45, 2.75) is 6.54 Å². The Morgan fingerprint density at radius 2 is 1.75 bits per heavy atom. The van der Waals surface area contributed by atoms with Crippen LogP contribution in [0.25, 0.3) is 0 Å². The first-order valence-corrected chi connectivity index (χ1v) is 9.99. The number of hydrogen-bond acceptors (Lipinski definition) is 6. The molecule has 0 radical (unpaired) electrons. The number of hydrogen-bond donors (Lipinski definition) is 2. The Morgan fingerprint density at radius 1 is 1.00 bits per heavy atom. The van der Waals surface area contributed by atoms with Crippen LogP contribution < -0.4 is 24.8 Å². The average molecular weight is 455 g/mol. The first-order valence-electron chi connectivity index (χ1n) is 9.61. The Kier molecular flexibility index (Phi) is 7.88. The number of amides is 1. The number of nitrogens with one attached hydrogen (secondary N) is 2. The van der Waals surface area contributed by atoms with Gasteiger partial charge in [0.1, 0.15) is 17.2 Å². The number of aromatic nitrogens is 1. The molecule has 3 rings (SSSR count). The Balaban J connectivity index is 1.86. The zero-order chi connectivity index (χ0) is 22.9. The highest BCUT2D eigenvalue weighted by molar-refractivity contribution is 6.32. The molecule has 0 aliphatic rings. The van der Waals surface area contributed by atoms with E-state index in [9.17, 15) is 4.79 Å². The van der Waals surface area contributed by atoms with Crippen molar-refractivity contribution in [3.05, 3.63) is 77.1 Å². The summed E-state index contributed by atoms with van der Waals surface area (Å²) >= 11 is 6.22. The lowest BCUT2D eigenvalue weighted by atomic mass is 10.2. The quantitative estimate of drug-likeness (QED) is 0.411. The molecule has 1 heterocycles. The van der Waals surface area contributed by atoms with Crippen LogP contribution in [-0.4, -0.2) is 38.2 Å². The number of pyridine rings is 1. The van der Waals surface area contributed by atoms with Gasteiger partial charge in [0.25, 0.3) is 5.91 Å². The van der Waals surface area contributed by atoms with E-state index in [1.165, 1.54) is 21.3 Å². The van der Waals surface area contributed by atoms with Crippen LogP contribution in [0.5, 0.6) is 17.2 Å². The number of benzene rings is 2. The van der Waals surface area contributed by atoms with Gasteiger partial charge in [0.05, 0.1) is 38.6 Å². The van der Waals surface area contributed by atoms with E-state index in [1.807, 2.05) is 18.2 Å². The van der Waals surface area contributed by atoms with Crippen molar-refractivity contribution in [3.8, 4) is 17.2 Å². The second kappa shape index (κ2) is 11.0. The fourth-order valence-electron chi connectivity index (χ4n) is 2.76. The fraction of sp³-hybridized carbons (Fsp3) is 0.174. The summed E-state index contributed by atoms with van der Waals surface area (Å²) in [7, 11) is 4.58. The van der Waals surface area contributed by atoms with E-state index in [2.05, 4.69) is 20.6 Å². The lowest BCUT2D eigenvalue weighted by Crippen LogP contribution is -2.36. The Morgan fingerprint density at radius 3 is 2.34 bits per heavy atom. The Bertz CT molecular complexity index is 1080. The Labute approximate surface area is 191 Å². The molecule has 166 valence electrons. The van der Waals surface area contributed by atoms with E-state index in [1.54, 1.807) is 42.6 Å². The third-order valence-electron chi connectivity index (χ3n) is 4.39. The van der Waals surface area contributed by atoms with Gasteiger partial charge in [0.2, 0.25) is 5.96 Å². The van der Waals surface area contributed by atoms with Gasteiger partial charge in [-0.1, -0.05) is 17.7 Å². The van der Waals surface area contributed by atoms with Crippen LogP contribution in [0.1, 0.15) is 16.1 Å². The van der Waals surface area contributed by atoms with Crippen molar-refractivity contribution >= 4 is 29.2 Å². The SMILES string of the molecule is COc1cc(OC)cc(C(=O)NC(=NCc2ccccn2)Nc2ccc(OC)c(Cl)c2)c1. The van der Waals surface area contributed by atoms with E-state index in [-0.39, 0.29) is 12.5 Å². The smallest absolute Gasteiger partial charge is 0.258 e. The number of carbonyl (C=O) groups is 1. The van der Waals surface area contributed by atoms with Gasteiger partial charge in [-0.25, -0.2) is 4.99 Å². The summed E-state index contributed by atoms with van der Waals surface area (Å²) in [6, 6.07) is 15.6. The number of halogens is 1. The summed E-state index contributed by atoms with van der Waals surface area (Å²) in [6.07, 6.45) is 1.68. The molecule has 2 N–H and O–H groups in total. The molecule has 8 nitrogen and oxygen atoms in total. The number of anilines is 1. The van der Waals surface area contributed by atoms with Gasteiger partial charge in [-0.15, -0.1) is 0 Å². The van der Waals surface area contributed by atoms with Crippen LogP contribution >= 0.6 is 11.6 Å². The number of guanidine groups is 1. The summed E-state index contributed by atoms with van der Waals surface area (Å²) in [4.78, 5) is 21.7. The van der Waals surface area contributed by atoms with Crippen LogP contribution in [0.2, 0.25) is 5.02 Å². The maximum Gasteiger partial charge on any atom is 0.258 e. The molecule has 0 saturated heterocycles. The van der Waals surface area contributed by atoms with Crippen molar-refractivity contribution in [3.63, 3.8) is 0 Å². The third kappa shape index (κ3) is 6.12. The van der Waals surface area contributed by atoms with Gasteiger partial charge in [0.15, 0.2) is 0 Å². The van der Waals surface area contributed by atoms with E-state index < -0.39 is 5.91 Å². The van der Waals surface area contributed by atoms with E-state index in [4.69, 9.17) is 25.8 Å². The average Bonchev–Trinajstić information content (AvgIpc) is 2.82. The normalized spacial score (nSPS) is 10.9. The molecule has 0 spiro atoms. The molecule has 1 aromatic heterocycles. The minimum atomic E-state index is -0.394. The van der Waals surface area contributed by atoms with Gasteiger partial charge >= 0.3 is 0 Å². The molecular formula is C23H23ClN4O4. The second-order valence-electron chi connectivity index (χ2n) is 6.52. The van der Waals surface area contributed by atoms with Crippen molar-refractivity contribution < 1.29 is 19.0 Å². The van der Waals surface area contributed by atoms with Crippen LogP contribution in [0, 0.1) is 0 Å². The predicted octanol–water partition coefficient (Wildman–Crippen LogP) is 4.16. The molecule has 32 heavy (non-hydrogen) atoms. The predicted molar refractivity (Wildman–Crippen MR) is 124 cm³/mol. The highest BCUT2D eigenvalue weighted by atomic mass is 35.5. The number of nitrogens with zero attached hydrogens (tertiary/aromatic N) is 2. The third-order valence-corrected chi connectivity index (χ3v) is 4.68. The van der Waals surface area contributed by atoms with Crippen LogP contribution in [0.15, 0.2) is 65.8 Å². The van der Waals surface area contributed by atoms with Crippen LogP contribution in [-0.2, 0) is 6.54 Å². The maximum atomic E-state index is 13.0. The standard InChI is InChI=1S/C23H23ClN4O4/c1-30-18-10-15(11-19(13-18)31-2)22(29)28-23(26-14-17-6-4-5-9-25-17)27-16-7-8-21(32-3)20(24)12-16/h4-13H,14H2,1-3H3,(H2,26,27,28,29). The van der Waals surface area contributed by atoms with Gasteiger partial charge in [0, 0.05) is 23.5 Å². The van der Waals surface area contributed by atoms with Crippen molar-refractivity contribution in [2.75, 3.05) is 26.6 Å². The zero-order valence-electron chi connectivity index (χ0n) is 17.9. The molecule has 0 unspecified atom stereocenters. The number of methoxy groups -OCH3 is 3. The van der Waals surface area contributed by atoms with E-state index >= 15 is 0 Å². The lowest BCUT2D eigenvalue weighted by Gasteiger charge is -2.14. The number of aliphatic imine (C=N–C) groups is 1. The van der Waals surface area contributed by atoms with Crippen LogP contribution in [0.4, 0.5) is 5.69 Å². The van der Waals surface area contributed by atoms with Crippen molar-refractivity contribution in [1.29, 1.82) is 0 Å². The molecule has 0 aliphatic heterocycles. The molecule has 0 atom stereocenters. The summed E-state index contributed by atoms with van der Waals surface area (Å²) in [6.45, 7) is 0.259. The molecule has 0 aliphatic carbocycles. The maximum absolute atomic E-state index is 13.0. The molecule has 0 bridgehead atoms. The fourth-order valence-corrected chi connectivity index (χ4v) is 3.02.